The molecule has 0 atom stereocenters. The molecule has 0 aliphatic rings. The summed E-state index contributed by atoms with van der Waals surface area (Å²) >= 11 is 5.58. The normalized spacial score (nSPS) is 11.8. The van der Waals surface area contributed by atoms with Crippen LogP contribution >= 0.6 is 11.6 Å². The molecule has 2 aromatic heterocycles. The van der Waals surface area contributed by atoms with Crippen molar-refractivity contribution in [2.75, 3.05) is 0 Å². The molecule has 3 nitrogen and oxygen atoms in total. The van der Waals surface area contributed by atoms with Gasteiger partial charge in [0.15, 0.2) is 11.5 Å². The highest BCUT2D eigenvalue weighted by Gasteiger charge is 2.35. The maximum absolute atomic E-state index is 12.5. The van der Waals surface area contributed by atoms with Crippen LogP contribution < -0.4 is 0 Å². The van der Waals surface area contributed by atoms with E-state index in [0.29, 0.717) is 4.68 Å². The van der Waals surface area contributed by atoms with Crippen molar-refractivity contribution in [3.8, 4) is 5.82 Å². The Kier molecular flexibility index (Phi) is 2.59. The van der Waals surface area contributed by atoms with Crippen molar-refractivity contribution in [3.63, 3.8) is 0 Å². The van der Waals surface area contributed by atoms with E-state index in [4.69, 9.17) is 11.6 Å². The number of nitrogens with zero attached hydrogens (tertiary/aromatic N) is 3. The number of alkyl halides is 3. The smallest absolute Gasteiger partial charge is 0.217 e. The molecule has 0 saturated heterocycles. The lowest BCUT2D eigenvalue weighted by molar-refractivity contribution is -0.143. The molecule has 0 aliphatic carbocycles. The number of hydrogen-bond donors (Lipinski definition) is 0. The summed E-state index contributed by atoms with van der Waals surface area (Å²) in [6, 6.07) is 6.34. The van der Waals surface area contributed by atoms with Crippen LogP contribution in [0.5, 0.6) is 0 Å². The van der Waals surface area contributed by atoms with Gasteiger partial charge in [0.1, 0.15) is 5.15 Å². The van der Waals surface area contributed by atoms with E-state index in [1.165, 1.54) is 18.2 Å². The third kappa shape index (κ3) is 2.01. The second-order valence-electron chi connectivity index (χ2n) is 2.87. The zero-order chi connectivity index (χ0) is 11.8. The van der Waals surface area contributed by atoms with Crippen LogP contribution in [0.4, 0.5) is 13.2 Å². The highest BCUT2D eigenvalue weighted by molar-refractivity contribution is 6.29. The number of aromatic nitrogens is 3. The van der Waals surface area contributed by atoms with Crippen LogP contribution in [-0.2, 0) is 6.18 Å². The Morgan fingerprint density at radius 2 is 2.06 bits per heavy atom. The zero-order valence-corrected chi connectivity index (χ0v) is 8.42. The Morgan fingerprint density at radius 1 is 1.31 bits per heavy atom. The molecular formula is C9H4ClF3N3. The predicted octanol–water partition coefficient (Wildman–Crippen LogP) is 2.74. The topological polar surface area (TPSA) is 30.7 Å². The van der Waals surface area contributed by atoms with Crippen molar-refractivity contribution in [2.24, 2.45) is 0 Å². The lowest BCUT2D eigenvalue weighted by Gasteiger charge is -2.08. The van der Waals surface area contributed by atoms with Gasteiger partial charge in [-0.15, -0.1) is 0 Å². The van der Waals surface area contributed by atoms with Crippen molar-refractivity contribution >= 4 is 11.6 Å². The fraction of sp³-hybridized carbons (Fsp3) is 0.111. The SMILES string of the molecule is FC(F)(F)c1[c]cnn1-c1cccc(Cl)n1. The minimum Gasteiger partial charge on any atom is -0.217 e. The second kappa shape index (κ2) is 3.79. The summed E-state index contributed by atoms with van der Waals surface area (Å²) in [5.41, 5.74) is -1.01. The molecule has 0 N–H and O–H groups in total. The van der Waals surface area contributed by atoms with E-state index in [-0.39, 0.29) is 11.0 Å². The van der Waals surface area contributed by atoms with Gasteiger partial charge in [0.05, 0.1) is 6.20 Å². The van der Waals surface area contributed by atoms with Crippen LogP contribution in [0.1, 0.15) is 5.69 Å². The van der Waals surface area contributed by atoms with Gasteiger partial charge in [-0.3, -0.25) is 0 Å². The predicted molar refractivity (Wildman–Crippen MR) is 50.2 cm³/mol. The molecular weight excluding hydrogens is 243 g/mol. The van der Waals surface area contributed by atoms with Crippen molar-refractivity contribution < 1.29 is 13.2 Å². The number of hydrogen-bond acceptors (Lipinski definition) is 2. The van der Waals surface area contributed by atoms with E-state index in [9.17, 15) is 13.2 Å². The molecule has 0 aromatic carbocycles. The lowest BCUT2D eigenvalue weighted by atomic mass is 10.4. The molecule has 7 heteroatoms. The van der Waals surface area contributed by atoms with Gasteiger partial charge in [-0.1, -0.05) is 17.7 Å². The van der Waals surface area contributed by atoms with Crippen molar-refractivity contribution in [3.05, 3.63) is 41.3 Å². The van der Waals surface area contributed by atoms with Crippen molar-refractivity contribution in [1.82, 2.24) is 14.8 Å². The van der Waals surface area contributed by atoms with Gasteiger partial charge in [-0.05, 0) is 12.1 Å². The first kappa shape index (κ1) is 10.9. The first-order valence-corrected chi connectivity index (χ1v) is 4.52. The minimum atomic E-state index is -4.53. The third-order valence-electron chi connectivity index (χ3n) is 1.77. The van der Waals surface area contributed by atoms with Crippen LogP contribution in [0, 0.1) is 6.07 Å². The van der Waals surface area contributed by atoms with Gasteiger partial charge in [0.2, 0.25) is 0 Å². The zero-order valence-electron chi connectivity index (χ0n) is 7.66. The average Bonchev–Trinajstić information content (AvgIpc) is 2.65. The lowest BCUT2D eigenvalue weighted by Crippen LogP contribution is -2.14. The largest absolute Gasteiger partial charge is 0.434 e. The van der Waals surface area contributed by atoms with Gasteiger partial charge in [0.25, 0.3) is 0 Å². The van der Waals surface area contributed by atoms with Crippen LogP contribution in [0.25, 0.3) is 5.82 Å². The Balaban J connectivity index is 2.53. The average molecular weight is 247 g/mol. The van der Waals surface area contributed by atoms with Crippen molar-refractivity contribution in [1.29, 1.82) is 0 Å². The number of halogens is 4. The van der Waals surface area contributed by atoms with Crippen LogP contribution in [0.2, 0.25) is 5.15 Å². The van der Waals surface area contributed by atoms with Crippen LogP contribution in [0.3, 0.4) is 0 Å². The molecule has 0 unspecified atom stereocenters. The molecule has 2 rings (SSSR count). The summed E-state index contributed by atoms with van der Waals surface area (Å²) in [7, 11) is 0. The van der Waals surface area contributed by atoms with Gasteiger partial charge < -0.3 is 0 Å². The highest BCUT2D eigenvalue weighted by atomic mass is 35.5. The minimum absolute atomic E-state index is 0.000995. The molecule has 16 heavy (non-hydrogen) atoms. The molecule has 2 aromatic rings. The monoisotopic (exact) mass is 246 g/mol. The Labute approximate surface area is 93.5 Å². The fourth-order valence-electron chi connectivity index (χ4n) is 1.16. The summed E-state index contributed by atoms with van der Waals surface area (Å²) < 4.78 is 38.2. The maximum Gasteiger partial charge on any atom is 0.434 e. The highest BCUT2D eigenvalue weighted by Crippen LogP contribution is 2.29. The molecule has 1 radical (unpaired) electrons. The third-order valence-corrected chi connectivity index (χ3v) is 1.98. The molecule has 0 fully saturated rings. The summed E-state index contributed by atoms with van der Waals surface area (Å²) in [6.07, 6.45) is -3.59. The second-order valence-corrected chi connectivity index (χ2v) is 3.25. The molecule has 0 aliphatic heterocycles. The first-order chi connectivity index (χ1) is 7.48. The molecule has 2 heterocycles. The number of rotatable bonds is 1. The van der Waals surface area contributed by atoms with Crippen LogP contribution in [0.15, 0.2) is 24.4 Å². The van der Waals surface area contributed by atoms with E-state index in [2.05, 4.69) is 10.1 Å². The Bertz CT molecular complexity index is 507. The molecule has 0 saturated carbocycles. The van der Waals surface area contributed by atoms with Gasteiger partial charge >= 0.3 is 6.18 Å². The van der Waals surface area contributed by atoms with E-state index in [0.717, 1.165) is 6.20 Å². The standard InChI is InChI=1S/C9H4ClF3N3/c10-7-2-1-3-8(15-7)16-6(4-5-14-16)9(11,12)13/h1-3,5H. The maximum atomic E-state index is 12.5. The quantitative estimate of drug-likeness (QED) is 0.725. The molecule has 0 bridgehead atoms. The Morgan fingerprint density at radius 3 is 2.69 bits per heavy atom. The summed E-state index contributed by atoms with van der Waals surface area (Å²) in [6.45, 7) is 0. The van der Waals surface area contributed by atoms with Crippen molar-refractivity contribution in [2.45, 2.75) is 6.18 Å². The van der Waals surface area contributed by atoms with Crippen LogP contribution in [-0.4, -0.2) is 14.8 Å². The van der Waals surface area contributed by atoms with E-state index < -0.39 is 11.9 Å². The molecule has 83 valence electrons. The first-order valence-electron chi connectivity index (χ1n) is 4.14. The van der Waals surface area contributed by atoms with Gasteiger partial charge in [-0.2, -0.15) is 18.3 Å². The number of pyridine rings is 1. The Hall–Kier alpha value is -1.56. The van der Waals surface area contributed by atoms with Gasteiger partial charge in [0, 0.05) is 6.07 Å². The summed E-state index contributed by atoms with van der Waals surface area (Å²) in [4.78, 5) is 3.74. The summed E-state index contributed by atoms with van der Waals surface area (Å²) in [5, 5.41) is 3.61. The van der Waals surface area contributed by atoms with E-state index in [1.54, 1.807) is 0 Å². The molecule has 0 spiro atoms. The molecule has 0 amide bonds. The summed E-state index contributed by atoms with van der Waals surface area (Å²) in [5.74, 6) is 0.000995. The van der Waals surface area contributed by atoms with E-state index in [1.807, 2.05) is 6.07 Å². The van der Waals surface area contributed by atoms with E-state index >= 15 is 0 Å². The fourth-order valence-corrected chi connectivity index (χ4v) is 1.32. The van der Waals surface area contributed by atoms with Gasteiger partial charge in [-0.25, -0.2) is 9.67 Å².